The summed E-state index contributed by atoms with van der Waals surface area (Å²) in [4.78, 5) is 24.7. The zero-order chi connectivity index (χ0) is 21.9. The molecule has 0 radical (unpaired) electrons. The maximum Gasteiger partial charge on any atom is 0.261 e. The van der Waals surface area contributed by atoms with Gasteiger partial charge >= 0.3 is 0 Å². The van der Waals surface area contributed by atoms with E-state index in [0.717, 1.165) is 23.7 Å². The molecule has 0 aliphatic heterocycles. The topological polar surface area (TPSA) is 79.5 Å². The molecule has 0 bridgehead atoms. The van der Waals surface area contributed by atoms with Gasteiger partial charge in [-0.2, -0.15) is 0 Å². The number of carbonyl (C=O) groups is 2. The third kappa shape index (κ3) is 7.42. The molecule has 0 aliphatic carbocycles. The molecule has 0 spiro atoms. The van der Waals surface area contributed by atoms with Gasteiger partial charge in [0.15, 0.2) is 5.11 Å². The largest absolute Gasteiger partial charge is 0.493 e. The van der Waals surface area contributed by atoms with Crippen LogP contribution in [0.15, 0.2) is 46.9 Å². The van der Waals surface area contributed by atoms with E-state index in [2.05, 4.69) is 38.8 Å². The van der Waals surface area contributed by atoms with Crippen LogP contribution in [0, 0.1) is 0 Å². The van der Waals surface area contributed by atoms with Gasteiger partial charge in [0.2, 0.25) is 0 Å². The number of anilines is 1. The highest BCUT2D eigenvalue weighted by Gasteiger charge is 2.15. The van der Waals surface area contributed by atoms with Crippen molar-refractivity contribution in [3.05, 3.63) is 58.1 Å². The summed E-state index contributed by atoms with van der Waals surface area (Å²) in [5, 5.41) is 8.60. The second-order valence-electron chi connectivity index (χ2n) is 6.58. The van der Waals surface area contributed by atoms with Crippen LogP contribution in [0.4, 0.5) is 5.69 Å². The quantitative estimate of drug-likeness (QED) is 0.343. The van der Waals surface area contributed by atoms with Crippen molar-refractivity contribution in [1.82, 2.24) is 10.6 Å². The Bertz CT molecular complexity index is 888. The lowest BCUT2D eigenvalue weighted by atomic mass is 10.2. The lowest BCUT2D eigenvalue weighted by Crippen LogP contribution is -2.34. The average Bonchev–Trinajstić information content (AvgIpc) is 2.73. The van der Waals surface area contributed by atoms with Crippen molar-refractivity contribution in [2.24, 2.45) is 0 Å². The van der Waals surface area contributed by atoms with Gasteiger partial charge in [0, 0.05) is 22.3 Å². The Morgan fingerprint density at radius 2 is 1.77 bits per heavy atom. The summed E-state index contributed by atoms with van der Waals surface area (Å²) in [7, 11) is 0. The first-order chi connectivity index (χ1) is 14.4. The average molecular weight is 492 g/mol. The van der Waals surface area contributed by atoms with Crippen LogP contribution in [0.5, 0.6) is 5.75 Å². The molecule has 6 nitrogen and oxygen atoms in total. The molecule has 0 heterocycles. The Morgan fingerprint density at radius 1 is 1.03 bits per heavy atom. The van der Waals surface area contributed by atoms with Crippen LogP contribution in [0.25, 0.3) is 0 Å². The van der Waals surface area contributed by atoms with Crippen LogP contribution in [0.3, 0.4) is 0 Å². The highest BCUT2D eigenvalue weighted by Crippen LogP contribution is 2.23. The van der Waals surface area contributed by atoms with E-state index >= 15 is 0 Å². The Morgan fingerprint density at radius 3 is 2.43 bits per heavy atom. The molecule has 0 aliphatic rings. The first kappa shape index (κ1) is 23.8. The van der Waals surface area contributed by atoms with Crippen LogP contribution in [0.2, 0.25) is 0 Å². The van der Waals surface area contributed by atoms with Crippen LogP contribution < -0.4 is 20.7 Å². The fourth-order valence-corrected chi connectivity index (χ4v) is 3.08. The Labute approximate surface area is 190 Å². The molecule has 0 saturated heterocycles. The van der Waals surface area contributed by atoms with Crippen molar-refractivity contribution >= 4 is 50.8 Å². The summed E-state index contributed by atoms with van der Waals surface area (Å²) in [6.07, 6.45) is 2.79. The number of thiocarbonyl (C=S) groups is 1. The molecule has 2 rings (SSSR count). The van der Waals surface area contributed by atoms with E-state index in [4.69, 9.17) is 17.0 Å². The molecule has 0 aromatic heterocycles. The third-order valence-electron chi connectivity index (χ3n) is 4.11. The molecule has 3 N–H and O–H groups in total. The van der Waals surface area contributed by atoms with Crippen LogP contribution >= 0.6 is 28.1 Å². The molecule has 8 heteroatoms. The molecule has 0 atom stereocenters. The fourth-order valence-electron chi connectivity index (χ4n) is 2.51. The van der Waals surface area contributed by atoms with E-state index in [1.54, 1.807) is 36.4 Å². The van der Waals surface area contributed by atoms with Gasteiger partial charge in [-0.1, -0.05) is 36.2 Å². The van der Waals surface area contributed by atoms with Crippen molar-refractivity contribution in [3.8, 4) is 5.75 Å². The zero-order valence-corrected chi connectivity index (χ0v) is 19.5. The molecule has 2 amide bonds. The number of nitrogens with one attached hydrogen (secondary N) is 3. The molecule has 30 heavy (non-hydrogen) atoms. The number of amides is 2. The van der Waals surface area contributed by atoms with Crippen molar-refractivity contribution in [2.75, 3.05) is 18.5 Å². The summed E-state index contributed by atoms with van der Waals surface area (Å²) in [6, 6.07) is 12.1. The van der Waals surface area contributed by atoms with E-state index < -0.39 is 0 Å². The summed E-state index contributed by atoms with van der Waals surface area (Å²) >= 11 is 8.65. The molecule has 160 valence electrons. The van der Waals surface area contributed by atoms with Gasteiger partial charge in [0.25, 0.3) is 11.8 Å². The second-order valence-corrected chi connectivity index (χ2v) is 7.91. The smallest absolute Gasteiger partial charge is 0.261 e. The summed E-state index contributed by atoms with van der Waals surface area (Å²) in [5.74, 6) is 0.0230. The Hall–Kier alpha value is -2.45. The maximum absolute atomic E-state index is 12.7. The second kappa shape index (κ2) is 12.3. The molecule has 0 fully saturated rings. The zero-order valence-electron chi connectivity index (χ0n) is 17.1. The van der Waals surface area contributed by atoms with Gasteiger partial charge in [0.1, 0.15) is 5.75 Å². The minimum Gasteiger partial charge on any atom is -0.493 e. The van der Waals surface area contributed by atoms with E-state index in [-0.39, 0.29) is 16.9 Å². The number of unbranched alkanes of at least 4 members (excludes halogenated alkanes) is 1. The fraction of sp³-hybridized carbons (Fsp3) is 0.318. The molecular formula is C22H26BrN3O3S. The molecular weight excluding hydrogens is 466 g/mol. The minimum atomic E-state index is -0.365. The van der Waals surface area contributed by atoms with Gasteiger partial charge < -0.3 is 15.4 Å². The number of ether oxygens (including phenoxy) is 1. The van der Waals surface area contributed by atoms with Crippen LogP contribution in [0.1, 0.15) is 53.8 Å². The van der Waals surface area contributed by atoms with E-state index in [1.807, 2.05) is 13.0 Å². The number of hydrogen-bond acceptors (Lipinski definition) is 4. The molecule has 0 saturated carbocycles. The highest BCUT2D eigenvalue weighted by molar-refractivity contribution is 9.10. The summed E-state index contributed by atoms with van der Waals surface area (Å²) in [6.45, 7) is 5.25. The van der Waals surface area contributed by atoms with Crippen molar-refractivity contribution in [2.45, 2.75) is 33.1 Å². The number of rotatable bonds is 9. The van der Waals surface area contributed by atoms with Crippen molar-refractivity contribution in [3.63, 3.8) is 0 Å². The van der Waals surface area contributed by atoms with Gasteiger partial charge in [-0.15, -0.1) is 0 Å². The van der Waals surface area contributed by atoms with Gasteiger partial charge in [-0.3, -0.25) is 14.9 Å². The number of benzene rings is 2. The Balaban J connectivity index is 1.98. The van der Waals surface area contributed by atoms with Crippen molar-refractivity contribution < 1.29 is 14.3 Å². The van der Waals surface area contributed by atoms with E-state index in [1.165, 1.54) is 0 Å². The van der Waals surface area contributed by atoms with E-state index in [9.17, 15) is 9.59 Å². The minimum absolute atomic E-state index is 0.121. The first-order valence-corrected chi connectivity index (χ1v) is 11.1. The SMILES string of the molecule is CCCCOc1ccc(Br)cc1C(=O)NC(=S)Nc1ccc(C(=O)NCCC)cc1. The van der Waals surface area contributed by atoms with Gasteiger partial charge in [0.05, 0.1) is 12.2 Å². The van der Waals surface area contributed by atoms with Gasteiger partial charge in [-0.05, 0) is 67.5 Å². The number of hydrogen-bond donors (Lipinski definition) is 3. The maximum atomic E-state index is 12.7. The lowest BCUT2D eigenvalue weighted by Gasteiger charge is -2.13. The predicted octanol–water partition coefficient (Wildman–Crippen LogP) is 4.89. The molecule has 0 unspecified atom stereocenters. The van der Waals surface area contributed by atoms with E-state index in [0.29, 0.717) is 35.7 Å². The summed E-state index contributed by atoms with van der Waals surface area (Å²) in [5.41, 5.74) is 1.63. The van der Waals surface area contributed by atoms with Crippen LogP contribution in [-0.2, 0) is 0 Å². The number of halogens is 1. The standard InChI is InChI=1S/C22H26BrN3O3S/c1-3-5-13-29-19-11-8-16(23)14-18(19)21(28)26-22(30)25-17-9-6-15(7-10-17)20(27)24-12-4-2/h6-11,14H,3-5,12-13H2,1-2H3,(H,24,27)(H2,25,26,28,30). The lowest BCUT2D eigenvalue weighted by molar-refractivity contribution is 0.0950. The van der Waals surface area contributed by atoms with Crippen molar-refractivity contribution in [1.29, 1.82) is 0 Å². The highest BCUT2D eigenvalue weighted by atomic mass is 79.9. The van der Waals surface area contributed by atoms with Gasteiger partial charge in [-0.25, -0.2) is 0 Å². The molecule has 2 aromatic rings. The Kier molecular flexibility index (Phi) is 9.76. The molecule has 2 aromatic carbocycles. The third-order valence-corrected chi connectivity index (χ3v) is 4.81. The summed E-state index contributed by atoms with van der Waals surface area (Å²) < 4.78 is 6.50. The normalized spacial score (nSPS) is 10.2. The number of carbonyl (C=O) groups excluding carboxylic acids is 2. The predicted molar refractivity (Wildman–Crippen MR) is 127 cm³/mol. The first-order valence-electron chi connectivity index (χ1n) is 9.87. The monoisotopic (exact) mass is 491 g/mol. The van der Waals surface area contributed by atoms with Crippen LogP contribution in [-0.4, -0.2) is 30.1 Å².